The SMILES string of the molecule is Cn1cccc1[C@H]1CCCN1CC(=O)Nc1ccc2c(c1)OCO2. The molecule has 2 aliphatic heterocycles. The van der Waals surface area contributed by atoms with Gasteiger partial charge >= 0.3 is 0 Å². The average molecular weight is 327 g/mol. The highest BCUT2D eigenvalue weighted by atomic mass is 16.7. The molecule has 6 heteroatoms. The highest BCUT2D eigenvalue weighted by molar-refractivity contribution is 5.92. The largest absolute Gasteiger partial charge is 0.454 e. The molecule has 3 heterocycles. The van der Waals surface area contributed by atoms with Crippen LogP contribution < -0.4 is 14.8 Å². The van der Waals surface area contributed by atoms with Crippen LogP contribution in [-0.4, -0.2) is 35.3 Å². The van der Waals surface area contributed by atoms with Gasteiger partial charge in [0.05, 0.1) is 12.6 Å². The molecule has 0 aliphatic carbocycles. The number of anilines is 1. The Kier molecular flexibility index (Phi) is 3.90. The molecule has 0 radical (unpaired) electrons. The number of rotatable bonds is 4. The van der Waals surface area contributed by atoms with E-state index in [1.54, 1.807) is 6.07 Å². The Morgan fingerprint density at radius 1 is 1.29 bits per heavy atom. The first kappa shape index (κ1) is 15.1. The van der Waals surface area contributed by atoms with Crippen molar-refractivity contribution in [2.45, 2.75) is 18.9 Å². The number of aryl methyl sites for hydroxylation is 1. The number of amides is 1. The van der Waals surface area contributed by atoms with Gasteiger partial charge in [0.15, 0.2) is 11.5 Å². The van der Waals surface area contributed by atoms with Crippen LogP contribution in [0.5, 0.6) is 11.5 Å². The summed E-state index contributed by atoms with van der Waals surface area (Å²) < 4.78 is 12.8. The van der Waals surface area contributed by atoms with Crippen LogP contribution in [0.3, 0.4) is 0 Å². The van der Waals surface area contributed by atoms with Crippen molar-refractivity contribution in [2.75, 3.05) is 25.2 Å². The first-order chi connectivity index (χ1) is 11.7. The molecule has 1 amide bonds. The van der Waals surface area contributed by atoms with E-state index in [0.29, 0.717) is 18.3 Å². The Morgan fingerprint density at radius 2 is 2.17 bits per heavy atom. The summed E-state index contributed by atoms with van der Waals surface area (Å²) in [5, 5.41) is 2.96. The molecule has 1 atom stereocenters. The third kappa shape index (κ3) is 2.85. The van der Waals surface area contributed by atoms with E-state index in [9.17, 15) is 4.79 Å². The smallest absolute Gasteiger partial charge is 0.238 e. The lowest BCUT2D eigenvalue weighted by atomic mass is 10.1. The van der Waals surface area contributed by atoms with E-state index in [-0.39, 0.29) is 12.7 Å². The van der Waals surface area contributed by atoms with Crippen molar-refractivity contribution >= 4 is 11.6 Å². The van der Waals surface area contributed by atoms with Crippen molar-refractivity contribution in [3.63, 3.8) is 0 Å². The number of aromatic nitrogens is 1. The molecule has 2 aromatic rings. The first-order valence-corrected chi connectivity index (χ1v) is 8.25. The second kappa shape index (κ2) is 6.20. The second-order valence-corrected chi connectivity index (χ2v) is 6.29. The minimum Gasteiger partial charge on any atom is -0.454 e. The van der Waals surface area contributed by atoms with Crippen LogP contribution in [0.1, 0.15) is 24.6 Å². The summed E-state index contributed by atoms with van der Waals surface area (Å²) >= 11 is 0. The van der Waals surface area contributed by atoms with E-state index in [1.807, 2.05) is 12.1 Å². The number of ether oxygens (including phenoxy) is 2. The summed E-state index contributed by atoms with van der Waals surface area (Å²) in [6, 6.07) is 9.97. The van der Waals surface area contributed by atoms with Gasteiger partial charge < -0.3 is 19.4 Å². The Balaban J connectivity index is 1.41. The Bertz CT molecular complexity index is 756. The van der Waals surface area contributed by atoms with E-state index in [1.165, 1.54) is 5.69 Å². The Hall–Kier alpha value is -2.47. The van der Waals surface area contributed by atoms with Crippen LogP contribution in [0.4, 0.5) is 5.69 Å². The van der Waals surface area contributed by atoms with Crippen LogP contribution in [0.15, 0.2) is 36.5 Å². The summed E-state index contributed by atoms with van der Waals surface area (Å²) in [5.41, 5.74) is 2.00. The van der Waals surface area contributed by atoms with Gasteiger partial charge in [0.1, 0.15) is 0 Å². The minimum absolute atomic E-state index is 0.00465. The first-order valence-electron chi connectivity index (χ1n) is 8.25. The van der Waals surface area contributed by atoms with Crippen LogP contribution in [-0.2, 0) is 11.8 Å². The maximum absolute atomic E-state index is 12.4. The molecule has 0 unspecified atom stereocenters. The summed E-state index contributed by atoms with van der Waals surface area (Å²) in [6.07, 6.45) is 4.26. The molecule has 4 rings (SSSR count). The van der Waals surface area contributed by atoms with Gasteiger partial charge in [-0.25, -0.2) is 0 Å². The zero-order valence-electron chi connectivity index (χ0n) is 13.7. The molecule has 1 aromatic carbocycles. The third-order valence-electron chi connectivity index (χ3n) is 4.69. The van der Waals surface area contributed by atoms with Crippen molar-refractivity contribution in [1.82, 2.24) is 9.47 Å². The van der Waals surface area contributed by atoms with Gasteiger partial charge in [0.2, 0.25) is 12.7 Å². The summed E-state index contributed by atoms with van der Waals surface area (Å²) in [4.78, 5) is 14.7. The maximum atomic E-state index is 12.4. The summed E-state index contributed by atoms with van der Waals surface area (Å²) in [6.45, 7) is 1.58. The zero-order chi connectivity index (χ0) is 16.5. The number of hydrogen-bond acceptors (Lipinski definition) is 4. The second-order valence-electron chi connectivity index (χ2n) is 6.29. The molecule has 2 aliphatic rings. The number of benzene rings is 1. The van der Waals surface area contributed by atoms with E-state index in [4.69, 9.17) is 9.47 Å². The number of hydrogen-bond donors (Lipinski definition) is 1. The number of likely N-dealkylation sites (tertiary alicyclic amines) is 1. The molecule has 1 saturated heterocycles. The van der Waals surface area contributed by atoms with Gasteiger partial charge in [-0.05, 0) is 43.7 Å². The van der Waals surface area contributed by atoms with Crippen molar-refractivity contribution in [1.29, 1.82) is 0 Å². The van der Waals surface area contributed by atoms with E-state index >= 15 is 0 Å². The normalized spacial score (nSPS) is 19.6. The number of fused-ring (bicyclic) bond motifs is 1. The van der Waals surface area contributed by atoms with E-state index < -0.39 is 0 Å². The monoisotopic (exact) mass is 327 g/mol. The topological polar surface area (TPSA) is 55.7 Å². The molecule has 126 valence electrons. The molecule has 6 nitrogen and oxygen atoms in total. The molecular weight excluding hydrogens is 306 g/mol. The molecule has 1 aromatic heterocycles. The summed E-state index contributed by atoms with van der Waals surface area (Å²) in [5.74, 6) is 1.39. The van der Waals surface area contributed by atoms with Gasteiger partial charge in [-0.3, -0.25) is 9.69 Å². The third-order valence-corrected chi connectivity index (χ3v) is 4.69. The lowest BCUT2D eigenvalue weighted by molar-refractivity contribution is -0.117. The Morgan fingerprint density at radius 3 is 3.00 bits per heavy atom. The fourth-order valence-electron chi connectivity index (χ4n) is 3.53. The molecule has 0 spiro atoms. The Labute approximate surface area is 141 Å². The lowest BCUT2D eigenvalue weighted by Gasteiger charge is -2.24. The van der Waals surface area contributed by atoms with Gasteiger partial charge in [-0.2, -0.15) is 0 Å². The molecule has 0 saturated carbocycles. The predicted molar refractivity (Wildman–Crippen MR) is 90.2 cm³/mol. The van der Waals surface area contributed by atoms with Crippen LogP contribution >= 0.6 is 0 Å². The molecule has 1 fully saturated rings. The van der Waals surface area contributed by atoms with Crippen LogP contribution in [0, 0.1) is 0 Å². The molecule has 0 bridgehead atoms. The predicted octanol–water partition coefficient (Wildman–Crippen LogP) is 2.53. The molecular formula is C18H21N3O3. The van der Waals surface area contributed by atoms with Crippen LogP contribution in [0.2, 0.25) is 0 Å². The van der Waals surface area contributed by atoms with E-state index in [2.05, 4.69) is 40.2 Å². The quantitative estimate of drug-likeness (QED) is 0.937. The van der Waals surface area contributed by atoms with Gasteiger partial charge in [0.25, 0.3) is 0 Å². The van der Waals surface area contributed by atoms with Crippen molar-refractivity contribution < 1.29 is 14.3 Å². The highest BCUT2D eigenvalue weighted by Crippen LogP contribution is 2.34. The highest BCUT2D eigenvalue weighted by Gasteiger charge is 2.29. The number of carbonyl (C=O) groups excluding carboxylic acids is 1. The van der Waals surface area contributed by atoms with Crippen molar-refractivity contribution in [3.05, 3.63) is 42.2 Å². The fourth-order valence-corrected chi connectivity index (χ4v) is 3.53. The van der Waals surface area contributed by atoms with Crippen molar-refractivity contribution in [2.24, 2.45) is 7.05 Å². The van der Waals surface area contributed by atoms with Gasteiger partial charge in [-0.15, -0.1) is 0 Å². The minimum atomic E-state index is -0.00465. The standard InChI is InChI=1S/C18H21N3O3/c1-20-8-2-4-14(20)15-5-3-9-21(15)11-18(22)19-13-6-7-16-17(10-13)24-12-23-16/h2,4,6-8,10,15H,3,5,9,11-12H2,1H3,(H,19,22)/t15-/m1/s1. The number of nitrogens with zero attached hydrogens (tertiary/aromatic N) is 2. The number of nitrogens with one attached hydrogen (secondary N) is 1. The fraction of sp³-hybridized carbons (Fsp3) is 0.389. The molecule has 1 N–H and O–H groups in total. The van der Waals surface area contributed by atoms with Crippen LogP contribution in [0.25, 0.3) is 0 Å². The molecule has 24 heavy (non-hydrogen) atoms. The lowest BCUT2D eigenvalue weighted by Crippen LogP contribution is -2.33. The maximum Gasteiger partial charge on any atom is 0.238 e. The average Bonchev–Trinajstić information content (AvgIpc) is 3.27. The zero-order valence-corrected chi connectivity index (χ0v) is 13.7. The van der Waals surface area contributed by atoms with Gasteiger partial charge in [-0.1, -0.05) is 0 Å². The van der Waals surface area contributed by atoms with Crippen molar-refractivity contribution in [3.8, 4) is 11.5 Å². The number of carbonyl (C=O) groups is 1. The van der Waals surface area contributed by atoms with Gasteiger partial charge in [0, 0.05) is 30.7 Å². The van der Waals surface area contributed by atoms with E-state index in [0.717, 1.165) is 30.8 Å². The summed E-state index contributed by atoms with van der Waals surface area (Å²) in [7, 11) is 2.05.